The van der Waals surface area contributed by atoms with E-state index in [-0.39, 0.29) is 0 Å². The summed E-state index contributed by atoms with van der Waals surface area (Å²) in [7, 11) is 1.37. The molecule has 260 valence electrons. The minimum absolute atomic E-state index is 0.521. The SMILES string of the molecule is COC(=O)C(OC(C)(C)C)c1c(C)nc2cc3nn2c1-c1ccc2c(c1Cl)N(CCCCCCOc1ccccc1-c1cccc-3c1)CCO2. The summed E-state index contributed by atoms with van der Waals surface area (Å²) in [5.74, 6) is 1.06. The van der Waals surface area contributed by atoms with Gasteiger partial charge < -0.3 is 23.8 Å². The zero-order valence-electron chi connectivity index (χ0n) is 29.3. The van der Waals surface area contributed by atoms with Crippen molar-refractivity contribution in [1.82, 2.24) is 14.6 Å². The maximum absolute atomic E-state index is 13.6. The van der Waals surface area contributed by atoms with E-state index in [4.69, 9.17) is 40.6 Å². The normalized spacial score (nSPS) is 15.5. The summed E-state index contributed by atoms with van der Waals surface area (Å²) in [6.07, 6.45) is 2.99. The minimum Gasteiger partial charge on any atom is -0.493 e. The maximum Gasteiger partial charge on any atom is 0.339 e. The third-order valence-corrected chi connectivity index (χ3v) is 9.57. The highest BCUT2D eigenvalue weighted by Crippen LogP contribution is 2.47. The predicted molar refractivity (Wildman–Crippen MR) is 196 cm³/mol. The van der Waals surface area contributed by atoms with Gasteiger partial charge in [0.15, 0.2) is 11.8 Å². The first-order chi connectivity index (χ1) is 24.1. The second-order valence-corrected chi connectivity index (χ2v) is 14.2. The average molecular weight is 695 g/mol. The fourth-order valence-electron chi connectivity index (χ4n) is 6.89. The Hall–Kier alpha value is -4.60. The lowest BCUT2D eigenvalue weighted by Crippen LogP contribution is -2.34. The number of benzene rings is 3. The number of rotatable bonds is 3. The highest BCUT2D eigenvalue weighted by Gasteiger charge is 2.35. The molecule has 0 spiro atoms. The van der Waals surface area contributed by atoms with Crippen LogP contribution in [0, 0.1) is 6.92 Å². The summed E-state index contributed by atoms with van der Waals surface area (Å²) in [5, 5.41) is 5.68. The van der Waals surface area contributed by atoms with Crippen molar-refractivity contribution in [3.63, 3.8) is 0 Å². The van der Waals surface area contributed by atoms with Crippen molar-refractivity contribution in [1.29, 1.82) is 0 Å². The van der Waals surface area contributed by atoms with E-state index in [0.717, 1.165) is 71.8 Å². The number of fused-ring (bicyclic) bond motifs is 8. The molecule has 0 aliphatic carbocycles. The number of aromatic nitrogens is 3. The summed E-state index contributed by atoms with van der Waals surface area (Å²) in [5.41, 5.74) is 6.90. The summed E-state index contributed by atoms with van der Waals surface area (Å²) in [4.78, 5) is 20.9. The molecule has 6 bridgehead atoms. The van der Waals surface area contributed by atoms with Crippen LogP contribution in [0.2, 0.25) is 5.02 Å². The van der Waals surface area contributed by atoms with Crippen LogP contribution in [0.4, 0.5) is 5.69 Å². The number of para-hydroxylation sites is 1. The molecule has 3 aromatic carbocycles. The van der Waals surface area contributed by atoms with Gasteiger partial charge in [0.1, 0.15) is 18.1 Å². The molecule has 50 heavy (non-hydrogen) atoms. The number of methoxy groups -OCH3 is 1. The fourth-order valence-corrected chi connectivity index (χ4v) is 7.26. The van der Waals surface area contributed by atoms with Crippen molar-refractivity contribution in [2.45, 2.75) is 65.1 Å². The first-order valence-electron chi connectivity index (χ1n) is 17.3. The Bertz CT molecular complexity index is 2050. The lowest BCUT2D eigenvalue weighted by molar-refractivity contribution is -0.164. The number of nitrogens with zero attached hydrogens (tertiary/aromatic N) is 4. The Morgan fingerprint density at radius 2 is 1.66 bits per heavy atom. The molecule has 0 amide bonds. The smallest absolute Gasteiger partial charge is 0.339 e. The monoisotopic (exact) mass is 694 g/mol. The molecule has 5 aromatic rings. The van der Waals surface area contributed by atoms with Crippen molar-refractivity contribution in [2.24, 2.45) is 0 Å². The zero-order chi connectivity index (χ0) is 35.0. The third kappa shape index (κ3) is 6.64. The van der Waals surface area contributed by atoms with Crippen LogP contribution >= 0.6 is 11.6 Å². The predicted octanol–water partition coefficient (Wildman–Crippen LogP) is 8.87. The number of hydrogen-bond donors (Lipinski definition) is 0. The van der Waals surface area contributed by atoms with Crippen LogP contribution in [0.5, 0.6) is 11.5 Å². The van der Waals surface area contributed by atoms with Gasteiger partial charge in [0.2, 0.25) is 0 Å². The third-order valence-electron chi connectivity index (χ3n) is 9.18. The standard InChI is InChI=1S/C40H43ClN4O5/c1-25-34(38(39(46)47-5)50-40(2,3)4)36-29-17-18-32-37(35(29)41)44(20-22-49-32)19-10-6-7-11-21-48-31-16-9-8-15-28(31)26-13-12-14-27(23-26)30-24-33(42-25)45(36)43-30/h8-9,12-18,23-24,38H,6-7,10-11,19-22H2,1-5H3. The summed E-state index contributed by atoms with van der Waals surface area (Å²) >= 11 is 7.46. The van der Waals surface area contributed by atoms with E-state index in [0.29, 0.717) is 52.9 Å². The van der Waals surface area contributed by atoms with Gasteiger partial charge in [-0.1, -0.05) is 60.8 Å². The average Bonchev–Trinajstić information content (AvgIpc) is 3.53. The quantitative estimate of drug-likeness (QED) is 0.173. The molecule has 9 nitrogen and oxygen atoms in total. The lowest BCUT2D eigenvalue weighted by Gasteiger charge is -2.33. The molecular weight excluding hydrogens is 652 g/mol. The lowest BCUT2D eigenvalue weighted by atomic mass is 9.97. The number of esters is 1. The van der Waals surface area contributed by atoms with Gasteiger partial charge in [-0.3, -0.25) is 0 Å². The molecule has 1 unspecified atom stereocenters. The number of carbonyl (C=O) groups is 1. The first kappa shape index (κ1) is 33.9. The summed E-state index contributed by atoms with van der Waals surface area (Å²) < 4.78 is 26.0. The molecule has 2 aliphatic rings. The highest BCUT2D eigenvalue weighted by molar-refractivity contribution is 6.36. The van der Waals surface area contributed by atoms with E-state index in [2.05, 4.69) is 23.1 Å². The molecule has 7 rings (SSSR count). The van der Waals surface area contributed by atoms with E-state index < -0.39 is 17.7 Å². The topological polar surface area (TPSA) is 87.4 Å². The van der Waals surface area contributed by atoms with Crippen LogP contribution < -0.4 is 14.4 Å². The molecule has 0 radical (unpaired) electrons. The second kappa shape index (κ2) is 14.0. The Kier molecular flexibility index (Phi) is 9.46. The van der Waals surface area contributed by atoms with Gasteiger partial charge >= 0.3 is 5.97 Å². The van der Waals surface area contributed by atoms with Gasteiger partial charge in [-0.15, -0.1) is 0 Å². The zero-order valence-corrected chi connectivity index (χ0v) is 30.0. The molecule has 0 saturated heterocycles. The van der Waals surface area contributed by atoms with Crippen LogP contribution in [0.3, 0.4) is 0 Å². The number of carbonyl (C=O) groups excluding carboxylic acids is 1. The van der Waals surface area contributed by atoms with Crippen LogP contribution in [0.1, 0.15) is 63.8 Å². The van der Waals surface area contributed by atoms with E-state index >= 15 is 0 Å². The van der Waals surface area contributed by atoms with Gasteiger partial charge in [0.05, 0.1) is 48.0 Å². The van der Waals surface area contributed by atoms with Crippen molar-refractivity contribution in [3.8, 4) is 45.1 Å². The van der Waals surface area contributed by atoms with Crippen LogP contribution in [0.25, 0.3) is 39.3 Å². The first-order valence-corrected chi connectivity index (χ1v) is 17.7. The van der Waals surface area contributed by atoms with Gasteiger partial charge in [0.25, 0.3) is 0 Å². The number of hydrogen-bond acceptors (Lipinski definition) is 8. The summed E-state index contributed by atoms with van der Waals surface area (Å²) in [6.45, 7) is 10.4. The number of halogens is 1. The molecule has 2 aliphatic heterocycles. The van der Waals surface area contributed by atoms with Crippen LogP contribution in [-0.4, -0.2) is 59.6 Å². The van der Waals surface area contributed by atoms with Crippen molar-refractivity contribution < 1.29 is 23.7 Å². The Balaban J connectivity index is 1.50. The maximum atomic E-state index is 13.6. The molecule has 10 heteroatoms. The van der Waals surface area contributed by atoms with Gasteiger partial charge in [-0.25, -0.2) is 14.3 Å². The molecule has 4 heterocycles. The number of anilines is 1. The molecule has 2 aromatic heterocycles. The largest absolute Gasteiger partial charge is 0.493 e. The Labute approximate surface area is 298 Å². The second-order valence-electron chi connectivity index (χ2n) is 13.8. The van der Waals surface area contributed by atoms with E-state index in [1.807, 2.05) is 76.2 Å². The molecule has 0 saturated carbocycles. The van der Waals surface area contributed by atoms with Crippen molar-refractivity contribution in [3.05, 3.63) is 83.0 Å². The van der Waals surface area contributed by atoms with Crippen molar-refractivity contribution in [2.75, 3.05) is 38.3 Å². The Morgan fingerprint density at radius 1 is 0.880 bits per heavy atom. The van der Waals surface area contributed by atoms with Gasteiger partial charge in [-0.05, 0) is 70.4 Å². The molecule has 0 fully saturated rings. The fraction of sp³-hybridized carbons (Fsp3) is 0.375. The van der Waals surface area contributed by atoms with E-state index in [1.54, 1.807) is 4.52 Å². The molecule has 0 N–H and O–H groups in total. The van der Waals surface area contributed by atoms with E-state index in [9.17, 15) is 4.79 Å². The van der Waals surface area contributed by atoms with Gasteiger partial charge in [-0.2, -0.15) is 5.10 Å². The number of ether oxygens (including phenoxy) is 4. The Morgan fingerprint density at radius 3 is 2.48 bits per heavy atom. The molecule has 1 atom stereocenters. The molecular formula is C40H43ClN4O5. The van der Waals surface area contributed by atoms with Crippen LogP contribution in [0.15, 0.2) is 66.7 Å². The summed E-state index contributed by atoms with van der Waals surface area (Å²) in [6, 6.07) is 22.3. The van der Waals surface area contributed by atoms with Gasteiger partial charge in [0, 0.05) is 40.6 Å². The number of aryl methyl sites for hydroxylation is 1. The highest BCUT2D eigenvalue weighted by atomic mass is 35.5. The van der Waals surface area contributed by atoms with E-state index in [1.165, 1.54) is 7.11 Å². The van der Waals surface area contributed by atoms with Crippen molar-refractivity contribution >= 4 is 28.9 Å². The minimum atomic E-state index is -1.09. The van der Waals surface area contributed by atoms with Crippen LogP contribution in [-0.2, 0) is 14.3 Å².